The number of methoxy groups -OCH3 is 2. The first-order valence-electron chi connectivity index (χ1n) is 8.94. The van der Waals surface area contributed by atoms with Crippen molar-refractivity contribution in [1.82, 2.24) is 4.90 Å². The van der Waals surface area contributed by atoms with Gasteiger partial charge in [0.05, 0.1) is 31.2 Å². The van der Waals surface area contributed by atoms with E-state index in [-0.39, 0.29) is 17.1 Å². The molecule has 0 bridgehead atoms. The molecule has 1 aromatic heterocycles. The largest absolute Gasteiger partial charge is 0.493 e. The molecule has 2 aromatic carbocycles. The van der Waals surface area contributed by atoms with Crippen LogP contribution in [0.25, 0.3) is 11.0 Å². The minimum Gasteiger partial charge on any atom is -0.493 e. The Morgan fingerprint density at radius 1 is 0.964 bits per heavy atom. The number of benzene rings is 2. The van der Waals surface area contributed by atoms with Crippen LogP contribution in [0.4, 0.5) is 0 Å². The van der Waals surface area contributed by atoms with E-state index in [1.54, 1.807) is 33.4 Å². The van der Waals surface area contributed by atoms with Crippen LogP contribution in [0.15, 0.2) is 39.5 Å². The van der Waals surface area contributed by atoms with E-state index in [1.807, 2.05) is 32.0 Å². The average Bonchev–Trinajstić information content (AvgIpc) is 2.94. The highest BCUT2D eigenvalue weighted by Crippen LogP contribution is 2.40. The molecule has 1 aliphatic rings. The molecule has 1 atom stereocenters. The van der Waals surface area contributed by atoms with Gasteiger partial charge in [-0.25, -0.2) is 0 Å². The van der Waals surface area contributed by atoms with Gasteiger partial charge in [-0.05, 0) is 54.8 Å². The second kappa shape index (κ2) is 6.41. The zero-order chi connectivity index (χ0) is 20.2. The normalized spacial score (nSPS) is 15.8. The van der Waals surface area contributed by atoms with E-state index >= 15 is 0 Å². The van der Waals surface area contributed by atoms with Crippen molar-refractivity contribution >= 4 is 16.9 Å². The van der Waals surface area contributed by atoms with Crippen molar-refractivity contribution in [3.8, 4) is 11.5 Å². The van der Waals surface area contributed by atoms with Gasteiger partial charge in [0.15, 0.2) is 16.9 Å². The van der Waals surface area contributed by atoms with Crippen LogP contribution in [-0.2, 0) is 0 Å². The van der Waals surface area contributed by atoms with E-state index in [4.69, 9.17) is 13.9 Å². The molecule has 6 nitrogen and oxygen atoms in total. The number of ether oxygens (including phenoxy) is 2. The van der Waals surface area contributed by atoms with Crippen LogP contribution >= 0.6 is 0 Å². The number of amides is 1. The topological polar surface area (TPSA) is 69.0 Å². The lowest BCUT2D eigenvalue weighted by molar-refractivity contribution is 0.0771. The van der Waals surface area contributed by atoms with Gasteiger partial charge in [-0.3, -0.25) is 9.59 Å². The quantitative estimate of drug-likeness (QED) is 0.695. The maximum Gasteiger partial charge on any atom is 0.290 e. The average molecular weight is 379 g/mol. The summed E-state index contributed by atoms with van der Waals surface area (Å²) in [6, 6.07) is 8.46. The lowest BCUT2D eigenvalue weighted by Gasteiger charge is -2.21. The fraction of sp³-hybridized carbons (Fsp3) is 0.273. The van der Waals surface area contributed by atoms with E-state index < -0.39 is 6.04 Å². The van der Waals surface area contributed by atoms with E-state index in [0.29, 0.717) is 28.0 Å². The fourth-order valence-electron chi connectivity index (χ4n) is 3.76. The van der Waals surface area contributed by atoms with Crippen molar-refractivity contribution in [2.75, 3.05) is 21.3 Å². The molecular formula is C22H21NO5. The third-order valence-corrected chi connectivity index (χ3v) is 5.44. The minimum atomic E-state index is -0.551. The number of rotatable bonds is 3. The molecule has 3 aromatic rings. The molecule has 0 radical (unpaired) electrons. The third kappa shape index (κ3) is 2.48. The summed E-state index contributed by atoms with van der Waals surface area (Å²) >= 11 is 0. The van der Waals surface area contributed by atoms with Crippen molar-refractivity contribution < 1.29 is 18.7 Å². The smallest absolute Gasteiger partial charge is 0.290 e. The Hall–Kier alpha value is -3.28. The van der Waals surface area contributed by atoms with Crippen molar-refractivity contribution in [2.24, 2.45) is 0 Å². The SMILES string of the molecule is COc1ccc(C2c3c(oc4cc(C)c(C)cc4c3=O)C(=O)N2C)cc1OC. The summed E-state index contributed by atoms with van der Waals surface area (Å²) in [6.07, 6.45) is 0. The molecule has 0 aliphatic carbocycles. The first-order chi connectivity index (χ1) is 13.4. The highest BCUT2D eigenvalue weighted by Gasteiger charge is 2.41. The molecule has 6 heteroatoms. The summed E-state index contributed by atoms with van der Waals surface area (Å²) in [6.45, 7) is 3.90. The van der Waals surface area contributed by atoms with Gasteiger partial charge in [0.1, 0.15) is 5.58 Å². The molecule has 1 unspecified atom stereocenters. The maximum absolute atomic E-state index is 13.3. The molecule has 0 saturated carbocycles. The Morgan fingerprint density at radius 2 is 1.64 bits per heavy atom. The molecule has 0 N–H and O–H groups in total. The molecule has 0 saturated heterocycles. The summed E-state index contributed by atoms with van der Waals surface area (Å²) in [5, 5.41) is 0.482. The van der Waals surface area contributed by atoms with E-state index in [1.165, 1.54) is 4.90 Å². The number of fused-ring (bicyclic) bond motifs is 2. The predicted molar refractivity (Wildman–Crippen MR) is 105 cm³/mol. The molecule has 2 heterocycles. The molecule has 1 amide bonds. The summed E-state index contributed by atoms with van der Waals surface area (Å²) in [5.41, 5.74) is 3.36. The summed E-state index contributed by atoms with van der Waals surface area (Å²) < 4.78 is 16.6. The summed E-state index contributed by atoms with van der Waals surface area (Å²) in [4.78, 5) is 27.7. The van der Waals surface area contributed by atoms with Gasteiger partial charge in [-0.1, -0.05) is 6.07 Å². The number of carbonyl (C=O) groups excluding carboxylic acids is 1. The highest BCUT2D eigenvalue weighted by molar-refractivity contribution is 5.99. The summed E-state index contributed by atoms with van der Waals surface area (Å²) in [7, 11) is 4.77. The van der Waals surface area contributed by atoms with Gasteiger partial charge in [0, 0.05) is 7.05 Å². The first kappa shape index (κ1) is 18.1. The molecule has 144 valence electrons. The fourth-order valence-corrected chi connectivity index (χ4v) is 3.76. The van der Waals surface area contributed by atoms with E-state index in [2.05, 4.69) is 0 Å². The number of hydrogen-bond acceptors (Lipinski definition) is 5. The molecule has 0 fully saturated rings. The van der Waals surface area contributed by atoms with Gasteiger partial charge in [0.25, 0.3) is 5.91 Å². The van der Waals surface area contributed by atoms with E-state index in [9.17, 15) is 9.59 Å². The second-order valence-electron chi connectivity index (χ2n) is 7.04. The monoisotopic (exact) mass is 379 g/mol. The first-order valence-corrected chi connectivity index (χ1v) is 8.94. The second-order valence-corrected chi connectivity index (χ2v) is 7.04. The van der Waals surface area contributed by atoms with Crippen LogP contribution in [0.2, 0.25) is 0 Å². The van der Waals surface area contributed by atoms with Crippen LogP contribution in [0.3, 0.4) is 0 Å². The molecule has 0 spiro atoms. The molecular weight excluding hydrogens is 358 g/mol. The number of carbonyl (C=O) groups is 1. The lowest BCUT2D eigenvalue weighted by atomic mass is 9.97. The Balaban J connectivity index is 1.99. The lowest BCUT2D eigenvalue weighted by Crippen LogP contribution is -2.25. The van der Waals surface area contributed by atoms with Gasteiger partial charge in [-0.15, -0.1) is 0 Å². The van der Waals surface area contributed by atoms with Gasteiger partial charge in [-0.2, -0.15) is 0 Å². The van der Waals surface area contributed by atoms with Crippen molar-refractivity contribution in [1.29, 1.82) is 0 Å². The number of aryl methyl sites for hydroxylation is 2. The predicted octanol–water partition coefficient (Wildman–Crippen LogP) is 3.60. The van der Waals surface area contributed by atoms with Crippen LogP contribution in [0.1, 0.15) is 38.9 Å². The number of hydrogen-bond donors (Lipinski definition) is 0. The van der Waals surface area contributed by atoms with Crippen molar-refractivity contribution in [2.45, 2.75) is 19.9 Å². The third-order valence-electron chi connectivity index (χ3n) is 5.44. The van der Waals surface area contributed by atoms with Gasteiger partial charge in [0.2, 0.25) is 5.76 Å². The Bertz CT molecular complexity index is 1180. The van der Waals surface area contributed by atoms with Crippen LogP contribution in [0.5, 0.6) is 11.5 Å². The van der Waals surface area contributed by atoms with Crippen LogP contribution in [-0.4, -0.2) is 32.1 Å². The van der Waals surface area contributed by atoms with Crippen molar-refractivity contribution in [3.63, 3.8) is 0 Å². The maximum atomic E-state index is 13.3. The standard InChI is InChI=1S/C22H21NO5/c1-11-8-14-16(9-12(11)2)28-21-18(20(14)24)19(23(3)22(21)25)13-6-7-15(26-4)17(10-13)27-5/h6-10,19H,1-5H3. The Kier molecular flexibility index (Phi) is 4.14. The molecule has 1 aliphatic heterocycles. The van der Waals surface area contributed by atoms with Gasteiger partial charge < -0.3 is 18.8 Å². The zero-order valence-electron chi connectivity index (χ0n) is 16.5. The Morgan fingerprint density at radius 3 is 2.32 bits per heavy atom. The Labute approximate surface area is 162 Å². The van der Waals surface area contributed by atoms with Crippen LogP contribution < -0.4 is 14.9 Å². The van der Waals surface area contributed by atoms with Crippen molar-refractivity contribution in [3.05, 3.63) is 68.6 Å². The number of nitrogens with zero attached hydrogens (tertiary/aromatic N) is 1. The molecule has 4 rings (SSSR count). The zero-order valence-corrected chi connectivity index (χ0v) is 16.5. The van der Waals surface area contributed by atoms with E-state index in [0.717, 1.165) is 16.7 Å². The van der Waals surface area contributed by atoms with Gasteiger partial charge >= 0.3 is 0 Å². The molecule has 28 heavy (non-hydrogen) atoms. The van der Waals surface area contributed by atoms with Crippen LogP contribution in [0, 0.1) is 13.8 Å². The minimum absolute atomic E-state index is 0.100. The highest BCUT2D eigenvalue weighted by atomic mass is 16.5. The summed E-state index contributed by atoms with van der Waals surface area (Å²) in [5.74, 6) is 0.899.